The molecule has 0 unspecified atom stereocenters. The van der Waals surface area contributed by atoms with Gasteiger partial charge in [0.2, 0.25) is 0 Å². The molecular weight excluding hydrogens is 276 g/mol. The molecule has 8 heteroatoms. The second-order valence-electron chi connectivity index (χ2n) is 3.60. The van der Waals surface area contributed by atoms with Gasteiger partial charge in [-0.25, -0.2) is 4.39 Å². The van der Waals surface area contributed by atoms with Crippen LogP contribution in [-0.4, -0.2) is 24.6 Å². The smallest absolute Gasteiger partial charge is 0.307 e. The normalized spacial score (nSPS) is 12.4. The van der Waals surface area contributed by atoms with Crippen molar-refractivity contribution in [3.63, 3.8) is 0 Å². The molecule has 0 saturated carbocycles. The molecule has 0 bridgehead atoms. The first-order chi connectivity index (χ1) is 8.61. The molecule has 1 aromatic rings. The molecule has 1 rings (SSSR count). The minimum Gasteiger partial charge on any atom is -0.307 e. The second-order valence-corrected chi connectivity index (χ2v) is 3.60. The van der Waals surface area contributed by atoms with E-state index < -0.39 is 30.4 Å². The van der Waals surface area contributed by atoms with Crippen LogP contribution in [0.5, 0.6) is 0 Å². The molecule has 0 atom stereocenters. The lowest BCUT2D eigenvalue weighted by Gasteiger charge is -2.27. The Kier molecular flexibility index (Phi) is 4.12. The summed E-state index contributed by atoms with van der Waals surface area (Å²) in [5, 5.41) is 0. The molecule has 1 amide bonds. The van der Waals surface area contributed by atoms with Crippen molar-refractivity contribution in [1.29, 1.82) is 0 Å². The molecule has 2 nitrogen and oxygen atoms in total. The summed E-state index contributed by atoms with van der Waals surface area (Å²) in [5.74, 6) is -8.80. The van der Waals surface area contributed by atoms with Crippen LogP contribution in [0.25, 0.3) is 0 Å². The molecule has 0 aliphatic rings. The van der Waals surface area contributed by atoms with Crippen molar-refractivity contribution in [1.82, 2.24) is 0 Å². The number of halogens is 6. The lowest BCUT2D eigenvalue weighted by atomic mass is 10.2. The van der Waals surface area contributed by atoms with Gasteiger partial charge in [-0.2, -0.15) is 22.0 Å². The topological polar surface area (TPSA) is 20.3 Å². The van der Waals surface area contributed by atoms with Crippen LogP contribution in [0.3, 0.4) is 0 Å². The number of carbonyl (C=O) groups is 1. The van der Waals surface area contributed by atoms with Crippen LogP contribution in [0, 0.1) is 5.82 Å². The van der Waals surface area contributed by atoms with Gasteiger partial charge in [0, 0.05) is 12.2 Å². The first-order valence-corrected chi connectivity index (χ1v) is 5.13. The molecule has 0 aliphatic carbocycles. The van der Waals surface area contributed by atoms with Gasteiger partial charge in [-0.3, -0.25) is 4.79 Å². The molecule has 19 heavy (non-hydrogen) atoms. The van der Waals surface area contributed by atoms with Gasteiger partial charge in [-0.05, 0) is 25.1 Å². The number of amides is 1. The van der Waals surface area contributed by atoms with E-state index in [1.807, 2.05) is 0 Å². The molecule has 0 heterocycles. The predicted molar refractivity (Wildman–Crippen MR) is 55.4 cm³/mol. The van der Waals surface area contributed by atoms with Crippen LogP contribution in [0.4, 0.5) is 32.0 Å². The SMILES string of the molecule is CCN(C(=O)C(F)(F)C(F)(F)F)c1cccc(F)c1. The number of nitrogens with zero attached hydrogens (tertiary/aromatic N) is 1. The molecule has 0 aromatic heterocycles. The maximum absolute atomic E-state index is 12.9. The summed E-state index contributed by atoms with van der Waals surface area (Å²) in [7, 11) is 0. The zero-order valence-electron chi connectivity index (χ0n) is 9.64. The number of benzene rings is 1. The minimum absolute atomic E-state index is 0.177. The number of hydrogen-bond acceptors (Lipinski definition) is 1. The molecule has 0 N–H and O–H groups in total. The molecule has 0 fully saturated rings. The molecule has 0 saturated heterocycles. The number of hydrogen-bond donors (Lipinski definition) is 0. The van der Waals surface area contributed by atoms with Crippen LogP contribution in [0.15, 0.2) is 24.3 Å². The van der Waals surface area contributed by atoms with Gasteiger partial charge in [-0.15, -0.1) is 0 Å². The fraction of sp³-hybridized carbons (Fsp3) is 0.364. The van der Waals surface area contributed by atoms with Crippen LogP contribution >= 0.6 is 0 Å². The van der Waals surface area contributed by atoms with Crippen molar-refractivity contribution < 1.29 is 31.1 Å². The van der Waals surface area contributed by atoms with Gasteiger partial charge >= 0.3 is 18.0 Å². The van der Waals surface area contributed by atoms with Crippen molar-refractivity contribution in [3.05, 3.63) is 30.1 Å². The van der Waals surface area contributed by atoms with Gasteiger partial charge in [-0.1, -0.05) is 6.07 Å². The van der Waals surface area contributed by atoms with Crippen molar-refractivity contribution in [3.8, 4) is 0 Å². The standard InChI is InChI=1S/C11H9F6NO/c1-2-18(8-5-3-4-7(12)6-8)9(19)10(13,14)11(15,16)17/h3-6H,2H2,1H3. The van der Waals surface area contributed by atoms with Crippen molar-refractivity contribution in [2.24, 2.45) is 0 Å². The minimum atomic E-state index is -6.00. The summed E-state index contributed by atoms with van der Waals surface area (Å²) in [6.07, 6.45) is -6.00. The lowest BCUT2D eigenvalue weighted by Crippen LogP contribution is -2.52. The number of rotatable bonds is 3. The Morgan fingerprint density at radius 3 is 2.21 bits per heavy atom. The summed E-state index contributed by atoms with van der Waals surface area (Å²) in [5.41, 5.74) is -0.364. The Balaban J connectivity index is 3.15. The van der Waals surface area contributed by atoms with E-state index in [1.54, 1.807) is 0 Å². The largest absolute Gasteiger partial charge is 0.463 e. The van der Waals surface area contributed by atoms with Crippen molar-refractivity contribution in [2.45, 2.75) is 19.0 Å². The average molecular weight is 285 g/mol. The van der Waals surface area contributed by atoms with E-state index in [-0.39, 0.29) is 10.6 Å². The number of carbonyl (C=O) groups excluding carboxylic acids is 1. The Hall–Kier alpha value is -1.73. The molecule has 106 valence electrons. The van der Waals surface area contributed by atoms with Gasteiger partial charge in [0.1, 0.15) is 5.82 Å². The fourth-order valence-electron chi connectivity index (χ4n) is 1.38. The zero-order valence-corrected chi connectivity index (χ0v) is 9.64. The lowest BCUT2D eigenvalue weighted by molar-refractivity contribution is -0.268. The molecular formula is C11H9F6NO. The van der Waals surface area contributed by atoms with Gasteiger partial charge < -0.3 is 4.90 Å². The summed E-state index contributed by atoms with van der Waals surface area (Å²) in [6, 6.07) is 3.85. The molecule has 0 radical (unpaired) electrons. The van der Waals surface area contributed by atoms with E-state index in [1.165, 1.54) is 6.92 Å². The van der Waals surface area contributed by atoms with Gasteiger partial charge in [0.15, 0.2) is 0 Å². The summed E-state index contributed by atoms with van der Waals surface area (Å²) in [4.78, 5) is 11.5. The Morgan fingerprint density at radius 1 is 1.21 bits per heavy atom. The third-order valence-corrected chi connectivity index (χ3v) is 2.31. The van der Waals surface area contributed by atoms with Crippen molar-refractivity contribution in [2.75, 3.05) is 11.4 Å². The Morgan fingerprint density at radius 2 is 1.79 bits per heavy atom. The van der Waals surface area contributed by atoms with E-state index in [0.717, 1.165) is 18.2 Å². The monoisotopic (exact) mass is 285 g/mol. The van der Waals surface area contributed by atoms with Crippen LogP contribution in [0.1, 0.15) is 6.92 Å². The fourth-order valence-corrected chi connectivity index (χ4v) is 1.38. The summed E-state index contributed by atoms with van der Waals surface area (Å²) >= 11 is 0. The van der Waals surface area contributed by atoms with E-state index in [4.69, 9.17) is 0 Å². The average Bonchev–Trinajstić information content (AvgIpc) is 2.28. The van der Waals surface area contributed by atoms with Crippen LogP contribution in [-0.2, 0) is 4.79 Å². The third kappa shape index (κ3) is 2.99. The second kappa shape index (κ2) is 5.10. The van der Waals surface area contributed by atoms with Gasteiger partial charge in [0.25, 0.3) is 0 Å². The number of anilines is 1. The summed E-state index contributed by atoms with van der Waals surface area (Å²) < 4.78 is 75.1. The highest BCUT2D eigenvalue weighted by Crippen LogP contribution is 2.37. The van der Waals surface area contributed by atoms with E-state index in [9.17, 15) is 31.1 Å². The Labute approximate surface area is 104 Å². The van der Waals surface area contributed by atoms with E-state index in [2.05, 4.69) is 0 Å². The Bertz CT molecular complexity index is 470. The van der Waals surface area contributed by atoms with Crippen molar-refractivity contribution >= 4 is 11.6 Å². The van der Waals surface area contributed by atoms with E-state index in [0.29, 0.717) is 6.07 Å². The molecule has 0 aliphatic heterocycles. The quantitative estimate of drug-likeness (QED) is 0.780. The highest BCUT2D eigenvalue weighted by molar-refractivity contribution is 5.98. The number of alkyl halides is 5. The molecule has 0 spiro atoms. The first kappa shape index (κ1) is 15.3. The molecule has 1 aromatic carbocycles. The third-order valence-electron chi connectivity index (χ3n) is 2.31. The zero-order chi connectivity index (χ0) is 14.8. The van der Waals surface area contributed by atoms with E-state index >= 15 is 0 Å². The van der Waals surface area contributed by atoms with Crippen LogP contribution < -0.4 is 4.90 Å². The summed E-state index contributed by atoms with van der Waals surface area (Å²) in [6.45, 7) is 0.753. The highest BCUT2D eigenvalue weighted by Gasteiger charge is 2.64. The van der Waals surface area contributed by atoms with Gasteiger partial charge in [0.05, 0.1) is 0 Å². The first-order valence-electron chi connectivity index (χ1n) is 5.13. The maximum Gasteiger partial charge on any atom is 0.463 e. The predicted octanol–water partition coefficient (Wildman–Crippen LogP) is 3.38. The maximum atomic E-state index is 12.9. The highest BCUT2D eigenvalue weighted by atomic mass is 19.4. The van der Waals surface area contributed by atoms with Crippen LogP contribution in [0.2, 0.25) is 0 Å².